The summed E-state index contributed by atoms with van der Waals surface area (Å²) in [7, 11) is -3.25. The van der Waals surface area contributed by atoms with Crippen LogP contribution in [0.4, 0.5) is 0 Å². The molecule has 110 valence electrons. The highest BCUT2D eigenvalue weighted by atomic mass is 32.2. The molecule has 1 aliphatic heterocycles. The van der Waals surface area contributed by atoms with Crippen LogP contribution >= 0.6 is 0 Å². The van der Waals surface area contributed by atoms with Crippen molar-refractivity contribution in [3.63, 3.8) is 0 Å². The maximum absolute atomic E-state index is 12.3. The van der Waals surface area contributed by atoms with Crippen molar-refractivity contribution in [1.29, 1.82) is 5.26 Å². The van der Waals surface area contributed by atoms with Gasteiger partial charge in [-0.25, -0.2) is 13.4 Å². The van der Waals surface area contributed by atoms with E-state index in [1.165, 1.54) is 0 Å². The smallest absolute Gasteiger partial charge is 0.214 e. The number of nitrogens with zero attached hydrogens (tertiary/aromatic N) is 4. The number of nitriles is 1. The lowest BCUT2D eigenvalue weighted by molar-refractivity contribution is 0.349. The van der Waals surface area contributed by atoms with Crippen molar-refractivity contribution in [2.75, 3.05) is 12.3 Å². The average molecular weight is 296 g/mol. The van der Waals surface area contributed by atoms with Crippen LogP contribution in [-0.4, -0.2) is 40.6 Å². The molecule has 0 N–H and O–H groups in total. The SMILES string of the molecule is Cc1nccn1C[C@H]1CCCN1S(=O)(=O)CCCC#N. The third-order valence-corrected chi connectivity index (χ3v) is 5.70. The van der Waals surface area contributed by atoms with Crippen molar-refractivity contribution in [1.82, 2.24) is 13.9 Å². The first kappa shape index (κ1) is 15.0. The minimum Gasteiger partial charge on any atom is -0.334 e. The zero-order chi connectivity index (χ0) is 14.6. The van der Waals surface area contributed by atoms with Crippen LogP contribution in [0, 0.1) is 18.3 Å². The second kappa shape index (κ2) is 6.37. The van der Waals surface area contributed by atoms with Gasteiger partial charge in [-0.15, -0.1) is 0 Å². The molecular formula is C13H20N4O2S. The Bertz CT molecular complexity index is 588. The summed E-state index contributed by atoms with van der Waals surface area (Å²) in [6.45, 7) is 3.16. The highest BCUT2D eigenvalue weighted by Gasteiger charge is 2.33. The molecule has 0 aliphatic carbocycles. The Morgan fingerprint density at radius 2 is 2.35 bits per heavy atom. The zero-order valence-electron chi connectivity index (χ0n) is 11.7. The fourth-order valence-corrected chi connectivity index (χ4v) is 4.41. The number of sulfonamides is 1. The lowest BCUT2D eigenvalue weighted by Gasteiger charge is -2.24. The van der Waals surface area contributed by atoms with Crippen LogP contribution in [0.3, 0.4) is 0 Å². The third-order valence-electron chi connectivity index (χ3n) is 3.70. The Morgan fingerprint density at radius 3 is 3.00 bits per heavy atom. The summed E-state index contributed by atoms with van der Waals surface area (Å²) in [4.78, 5) is 4.17. The quantitative estimate of drug-likeness (QED) is 0.741. The topological polar surface area (TPSA) is 79.0 Å². The summed E-state index contributed by atoms with van der Waals surface area (Å²) in [6, 6.07) is 2.00. The molecule has 20 heavy (non-hydrogen) atoms. The Kier molecular flexibility index (Phi) is 4.78. The van der Waals surface area contributed by atoms with Crippen LogP contribution in [0.2, 0.25) is 0 Å². The van der Waals surface area contributed by atoms with Gasteiger partial charge in [-0.05, 0) is 26.2 Å². The Morgan fingerprint density at radius 1 is 1.55 bits per heavy atom. The molecule has 0 aromatic carbocycles. The van der Waals surface area contributed by atoms with Gasteiger partial charge in [-0.1, -0.05) is 0 Å². The average Bonchev–Trinajstić information content (AvgIpc) is 3.01. The van der Waals surface area contributed by atoms with Crippen LogP contribution in [0.5, 0.6) is 0 Å². The van der Waals surface area contributed by atoms with Gasteiger partial charge in [-0.2, -0.15) is 9.57 Å². The van der Waals surface area contributed by atoms with E-state index in [2.05, 4.69) is 4.98 Å². The summed E-state index contributed by atoms with van der Waals surface area (Å²) in [6.07, 6.45) is 6.10. The van der Waals surface area contributed by atoms with Crippen LogP contribution in [0.15, 0.2) is 12.4 Å². The maximum atomic E-state index is 12.3. The zero-order valence-corrected chi connectivity index (χ0v) is 12.5. The second-order valence-electron chi connectivity index (χ2n) is 5.11. The van der Waals surface area contributed by atoms with Crippen molar-refractivity contribution in [3.8, 4) is 6.07 Å². The lowest BCUT2D eigenvalue weighted by atomic mass is 10.2. The molecule has 1 aromatic rings. The van der Waals surface area contributed by atoms with E-state index in [9.17, 15) is 8.42 Å². The summed E-state index contributed by atoms with van der Waals surface area (Å²) >= 11 is 0. The van der Waals surface area contributed by atoms with E-state index < -0.39 is 10.0 Å². The molecule has 0 bridgehead atoms. The first-order valence-corrected chi connectivity index (χ1v) is 8.50. The van der Waals surface area contributed by atoms with Crippen LogP contribution in [0.1, 0.15) is 31.5 Å². The monoisotopic (exact) mass is 296 g/mol. The largest absolute Gasteiger partial charge is 0.334 e. The summed E-state index contributed by atoms with van der Waals surface area (Å²) in [5.41, 5.74) is 0. The number of hydrogen-bond donors (Lipinski definition) is 0. The molecular weight excluding hydrogens is 276 g/mol. The fraction of sp³-hybridized carbons (Fsp3) is 0.692. The van der Waals surface area contributed by atoms with E-state index in [1.54, 1.807) is 10.5 Å². The highest BCUT2D eigenvalue weighted by molar-refractivity contribution is 7.89. The van der Waals surface area contributed by atoms with E-state index in [0.29, 0.717) is 25.9 Å². The summed E-state index contributed by atoms with van der Waals surface area (Å²) < 4.78 is 28.3. The standard InChI is InChI=1S/C13H20N4O2S/c1-12-15-7-9-16(12)11-13-5-4-8-17(13)20(18,19)10-3-2-6-14/h7,9,13H,2-5,8,10-11H2,1H3/t13-/m1/s1. The normalized spacial score (nSPS) is 20.1. The molecule has 0 spiro atoms. The molecule has 2 heterocycles. The number of unbranched alkanes of at least 4 members (excludes halogenated alkanes) is 1. The van der Waals surface area contributed by atoms with Gasteiger partial charge in [0.15, 0.2) is 0 Å². The Labute approximate surface area is 120 Å². The maximum Gasteiger partial charge on any atom is 0.214 e. The molecule has 1 fully saturated rings. The van der Waals surface area contributed by atoms with Crippen molar-refractivity contribution in [3.05, 3.63) is 18.2 Å². The van der Waals surface area contributed by atoms with E-state index in [1.807, 2.05) is 23.8 Å². The minimum absolute atomic E-state index is 0.00925. The number of imidazole rings is 1. The molecule has 1 aromatic heterocycles. The molecule has 6 nitrogen and oxygen atoms in total. The number of aromatic nitrogens is 2. The minimum atomic E-state index is -3.25. The van der Waals surface area contributed by atoms with Gasteiger partial charge in [-0.3, -0.25) is 0 Å². The molecule has 0 saturated carbocycles. The van der Waals surface area contributed by atoms with Crippen molar-refractivity contribution in [2.45, 2.75) is 45.2 Å². The Balaban J connectivity index is 2.03. The number of hydrogen-bond acceptors (Lipinski definition) is 4. The second-order valence-corrected chi connectivity index (χ2v) is 7.15. The van der Waals surface area contributed by atoms with Gasteiger partial charge in [0.1, 0.15) is 5.82 Å². The van der Waals surface area contributed by atoms with Crippen LogP contribution in [-0.2, 0) is 16.6 Å². The van der Waals surface area contributed by atoms with Crippen molar-refractivity contribution in [2.24, 2.45) is 0 Å². The molecule has 7 heteroatoms. The third kappa shape index (κ3) is 3.38. The molecule has 1 aliphatic rings. The van der Waals surface area contributed by atoms with Gasteiger partial charge in [0.05, 0.1) is 11.8 Å². The van der Waals surface area contributed by atoms with Gasteiger partial charge in [0, 0.05) is 37.9 Å². The fourth-order valence-electron chi connectivity index (χ4n) is 2.63. The molecule has 2 rings (SSSR count). The van der Waals surface area contributed by atoms with E-state index in [-0.39, 0.29) is 11.8 Å². The predicted molar refractivity (Wildman–Crippen MR) is 75.3 cm³/mol. The van der Waals surface area contributed by atoms with Crippen LogP contribution < -0.4 is 0 Å². The number of rotatable bonds is 6. The first-order chi connectivity index (χ1) is 9.54. The van der Waals surface area contributed by atoms with E-state index >= 15 is 0 Å². The Hall–Kier alpha value is -1.39. The predicted octanol–water partition coefficient (Wildman–Crippen LogP) is 1.29. The molecule has 0 amide bonds. The van der Waals surface area contributed by atoms with E-state index in [0.717, 1.165) is 18.7 Å². The number of aryl methyl sites for hydroxylation is 1. The molecule has 1 saturated heterocycles. The van der Waals surface area contributed by atoms with Gasteiger partial charge >= 0.3 is 0 Å². The van der Waals surface area contributed by atoms with Gasteiger partial charge in [0.25, 0.3) is 0 Å². The molecule has 1 atom stereocenters. The summed E-state index contributed by atoms with van der Waals surface area (Å²) in [5.74, 6) is 0.971. The lowest BCUT2D eigenvalue weighted by Crippen LogP contribution is -2.39. The van der Waals surface area contributed by atoms with Gasteiger partial charge < -0.3 is 4.57 Å². The van der Waals surface area contributed by atoms with Crippen molar-refractivity contribution < 1.29 is 8.42 Å². The van der Waals surface area contributed by atoms with Crippen LogP contribution in [0.25, 0.3) is 0 Å². The molecule has 0 radical (unpaired) electrons. The van der Waals surface area contributed by atoms with Gasteiger partial charge in [0.2, 0.25) is 10.0 Å². The van der Waals surface area contributed by atoms with Crippen molar-refractivity contribution >= 4 is 10.0 Å². The highest BCUT2D eigenvalue weighted by Crippen LogP contribution is 2.23. The molecule has 0 unspecified atom stereocenters. The van der Waals surface area contributed by atoms with E-state index in [4.69, 9.17) is 5.26 Å². The first-order valence-electron chi connectivity index (χ1n) is 6.89. The summed E-state index contributed by atoms with van der Waals surface area (Å²) in [5, 5.41) is 8.51.